The number of halogens is 1. The molecule has 1 aromatic carbocycles. The molecule has 4 N–H and O–H groups in total. The van der Waals surface area contributed by atoms with E-state index in [-0.39, 0.29) is 30.6 Å². The largest absolute Gasteiger partial charge is 0.352 e. The third-order valence-corrected chi connectivity index (χ3v) is 3.41. The van der Waals surface area contributed by atoms with Crippen molar-refractivity contribution in [2.75, 3.05) is 24.5 Å². The summed E-state index contributed by atoms with van der Waals surface area (Å²) in [6.07, 6.45) is 2.00. The molecule has 0 atom stereocenters. The highest BCUT2D eigenvalue weighted by Crippen LogP contribution is 2.17. The van der Waals surface area contributed by atoms with Crippen LogP contribution in [0.3, 0.4) is 0 Å². The van der Waals surface area contributed by atoms with Crippen LogP contribution in [0.4, 0.5) is 10.5 Å². The summed E-state index contributed by atoms with van der Waals surface area (Å²) in [6.45, 7) is 1.55. The van der Waals surface area contributed by atoms with Gasteiger partial charge in [-0.05, 0) is 43.7 Å². The van der Waals surface area contributed by atoms with Crippen molar-refractivity contribution in [2.24, 2.45) is 5.73 Å². The Labute approximate surface area is 141 Å². The van der Waals surface area contributed by atoms with E-state index in [1.165, 1.54) is 4.90 Å². The molecule has 7 nitrogen and oxygen atoms in total. The van der Waals surface area contributed by atoms with Crippen LogP contribution in [-0.2, 0) is 4.79 Å². The number of rotatable bonds is 6. The van der Waals surface area contributed by atoms with E-state index in [4.69, 9.17) is 5.73 Å². The highest BCUT2D eigenvalue weighted by Gasteiger charge is 2.24. The van der Waals surface area contributed by atoms with Gasteiger partial charge in [0.25, 0.3) is 5.91 Å². The lowest BCUT2D eigenvalue weighted by molar-refractivity contribution is -0.120. The summed E-state index contributed by atoms with van der Waals surface area (Å²) < 4.78 is 0. The van der Waals surface area contributed by atoms with Gasteiger partial charge in [-0.2, -0.15) is 0 Å². The van der Waals surface area contributed by atoms with Crippen LogP contribution in [0.2, 0.25) is 0 Å². The predicted molar refractivity (Wildman–Crippen MR) is 89.8 cm³/mol. The lowest BCUT2D eigenvalue weighted by Gasteiger charge is -2.26. The first-order chi connectivity index (χ1) is 10.6. The van der Waals surface area contributed by atoms with Gasteiger partial charge in [0.2, 0.25) is 5.91 Å². The van der Waals surface area contributed by atoms with Gasteiger partial charge >= 0.3 is 6.03 Å². The Balaban J connectivity index is 0.00000264. The molecule has 0 bridgehead atoms. The number of nitrogens with one attached hydrogen (secondary N) is 2. The Morgan fingerprint density at radius 3 is 2.52 bits per heavy atom. The molecular formula is C15H21ClN4O3. The van der Waals surface area contributed by atoms with Crippen molar-refractivity contribution in [3.63, 3.8) is 0 Å². The summed E-state index contributed by atoms with van der Waals surface area (Å²) in [5.41, 5.74) is 6.58. The van der Waals surface area contributed by atoms with Gasteiger partial charge in [-0.15, -0.1) is 12.4 Å². The number of urea groups is 1. The van der Waals surface area contributed by atoms with E-state index in [1.807, 2.05) is 0 Å². The Morgan fingerprint density at radius 2 is 1.91 bits per heavy atom. The van der Waals surface area contributed by atoms with E-state index in [1.54, 1.807) is 24.3 Å². The van der Waals surface area contributed by atoms with E-state index in [2.05, 4.69) is 10.6 Å². The van der Waals surface area contributed by atoms with Crippen LogP contribution in [0.1, 0.15) is 29.6 Å². The summed E-state index contributed by atoms with van der Waals surface area (Å²) in [5, 5.41) is 5.08. The molecule has 1 fully saturated rings. The van der Waals surface area contributed by atoms with E-state index >= 15 is 0 Å². The lowest BCUT2D eigenvalue weighted by atomic mass is 10.1. The third kappa shape index (κ3) is 5.22. The van der Waals surface area contributed by atoms with Crippen molar-refractivity contribution in [2.45, 2.75) is 19.3 Å². The van der Waals surface area contributed by atoms with Crippen molar-refractivity contribution >= 4 is 35.9 Å². The van der Waals surface area contributed by atoms with Gasteiger partial charge in [0.05, 0.1) is 0 Å². The van der Waals surface area contributed by atoms with Gasteiger partial charge in [0, 0.05) is 30.8 Å². The van der Waals surface area contributed by atoms with Crippen molar-refractivity contribution < 1.29 is 14.4 Å². The van der Waals surface area contributed by atoms with Crippen molar-refractivity contribution in [1.82, 2.24) is 10.6 Å². The first-order valence-electron chi connectivity index (χ1n) is 7.31. The van der Waals surface area contributed by atoms with Gasteiger partial charge < -0.3 is 11.1 Å². The van der Waals surface area contributed by atoms with Gasteiger partial charge in [-0.3, -0.25) is 19.8 Å². The predicted octanol–water partition coefficient (Wildman–Crippen LogP) is 1.02. The van der Waals surface area contributed by atoms with Gasteiger partial charge in [0.1, 0.15) is 0 Å². The molecule has 23 heavy (non-hydrogen) atoms. The van der Waals surface area contributed by atoms with Crippen LogP contribution in [-0.4, -0.2) is 37.5 Å². The second-order valence-electron chi connectivity index (χ2n) is 5.05. The number of hydrogen-bond acceptors (Lipinski definition) is 4. The lowest BCUT2D eigenvalue weighted by Crippen LogP contribution is -2.49. The first-order valence-corrected chi connectivity index (χ1v) is 7.31. The molecule has 1 aromatic rings. The molecule has 1 heterocycles. The molecule has 0 spiro atoms. The Bertz CT molecular complexity index is 562. The summed E-state index contributed by atoms with van der Waals surface area (Å²) >= 11 is 0. The van der Waals surface area contributed by atoms with Crippen LogP contribution in [0, 0.1) is 0 Å². The Morgan fingerprint density at radius 1 is 1.22 bits per heavy atom. The van der Waals surface area contributed by atoms with Crippen molar-refractivity contribution in [1.29, 1.82) is 0 Å². The molecule has 4 amide bonds. The number of hydrogen-bond donors (Lipinski definition) is 3. The fraction of sp³-hybridized carbons (Fsp3) is 0.400. The van der Waals surface area contributed by atoms with E-state index in [9.17, 15) is 14.4 Å². The second-order valence-corrected chi connectivity index (χ2v) is 5.05. The Hall–Kier alpha value is -2.12. The molecule has 2 rings (SSSR count). The van der Waals surface area contributed by atoms with Crippen molar-refractivity contribution in [3.8, 4) is 0 Å². The van der Waals surface area contributed by atoms with Gasteiger partial charge in [-0.1, -0.05) is 0 Å². The van der Waals surface area contributed by atoms with E-state index in [0.29, 0.717) is 30.9 Å². The molecule has 1 aliphatic rings. The van der Waals surface area contributed by atoms with E-state index < -0.39 is 6.03 Å². The van der Waals surface area contributed by atoms with E-state index in [0.717, 1.165) is 12.8 Å². The minimum Gasteiger partial charge on any atom is -0.352 e. The second kappa shape index (κ2) is 9.12. The minimum atomic E-state index is -0.435. The highest BCUT2D eigenvalue weighted by molar-refractivity contribution is 6.05. The third-order valence-electron chi connectivity index (χ3n) is 3.41. The fourth-order valence-electron chi connectivity index (χ4n) is 2.18. The number of carbonyl (C=O) groups excluding carboxylic acids is 3. The zero-order valence-corrected chi connectivity index (χ0v) is 13.5. The Kier molecular flexibility index (Phi) is 7.50. The number of imide groups is 1. The molecule has 1 saturated heterocycles. The van der Waals surface area contributed by atoms with Crippen LogP contribution in [0.25, 0.3) is 0 Å². The smallest absolute Gasteiger partial charge is 0.328 e. The van der Waals surface area contributed by atoms with Crippen molar-refractivity contribution in [3.05, 3.63) is 29.8 Å². The maximum atomic E-state index is 11.9. The monoisotopic (exact) mass is 340 g/mol. The van der Waals surface area contributed by atoms with Gasteiger partial charge in [0.15, 0.2) is 0 Å². The standard InChI is InChI=1S/C15H20N4O3.ClH/c16-8-1-2-9-17-14(21)11-3-5-12(6-4-11)19-10-7-13(20)18-15(19)22;/h3-6H,1-2,7-10,16H2,(H,17,21)(H,18,20,22);1H. The maximum absolute atomic E-state index is 11.9. The summed E-state index contributed by atoms with van der Waals surface area (Å²) in [4.78, 5) is 36.3. The van der Waals surface area contributed by atoms with Crippen LogP contribution in [0.5, 0.6) is 0 Å². The number of nitrogens with zero attached hydrogens (tertiary/aromatic N) is 1. The fourth-order valence-corrected chi connectivity index (χ4v) is 2.18. The van der Waals surface area contributed by atoms with Crippen LogP contribution < -0.4 is 21.3 Å². The summed E-state index contributed by atoms with van der Waals surface area (Å²) in [5.74, 6) is -0.420. The number of unbranched alkanes of at least 4 members (excludes halogenated alkanes) is 1. The number of anilines is 1. The molecule has 0 unspecified atom stereocenters. The molecule has 8 heteroatoms. The average molecular weight is 341 g/mol. The van der Waals surface area contributed by atoms with Crippen LogP contribution in [0.15, 0.2) is 24.3 Å². The minimum absolute atomic E-state index is 0. The normalized spacial score (nSPS) is 14.0. The average Bonchev–Trinajstić information content (AvgIpc) is 2.52. The quantitative estimate of drug-likeness (QED) is 0.672. The zero-order valence-electron chi connectivity index (χ0n) is 12.7. The van der Waals surface area contributed by atoms with Crippen LogP contribution >= 0.6 is 12.4 Å². The molecule has 126 valence electrons. The molecule has 0 radical (unpaired) electrons. The number of carbonyl (C=O) groups is 3. The summed E-state index contributed by atoms with van der Waals surface area (Å²) in [7, 11) is 0. The molecular weight excluding hydrogens is 320 g/mol. The van der Waals surface area contributed by atoms with Gasteiger partial charge in [-0.25, -0.2) is 4.79 Å². The summed E-state index contributed by atoms with van der Waals surface area (Å²) in [6, 6.07) is 6.29. The first kappa shape index (κ1) is 18.9. The maximum Gasteiger partial charge on any atom is 0.328 e. The molecule has 0 aromatic heterocycles. The number of benzene rings is 1. The molecule has 0 saturated carbocycles. The molecule has 0 aliphatic carbocycles. The molecule has 1 aliphatic heterocycles. The zero-order chi connectivity index (χ0) is 15.9. The topological polar surface area (TPSA) is 105 Å². The highest BCUT2D eigenvalue weighted by atomic mass is 35.5. The number of nitrogens with two attached hydrogens (primary N) is 1. The SMILES string of the molecule is Cl.NCCCCNC(=O)c1ccc(N2CCC(=O)NC2=O)cc1. The number of amides is 4.